The van der Waals surface area contributed by atoms with Crippen molar-refractivity contribution in [3.05, 3.63) is 99.7 Å². The van der Waals surface area contributed by atoms with Gasteiger partial charge in [-0.05, 0) is 79.0 Å². The van der Waals surface area contributed by atoms with E-state index in [0.29, 0.717) is 28.9 Å². The fourth-order valence-electron chi connectivity index (χ4n) is 3.96. The molecule has 34 heavy (non-hydrogen) atoms. The van der Waals surface area contributed by atoms with E-state index < -0.39 is 6.04 Å². The lowest BCUT2D eigenvalue weighted by Gasteiger charge is -2.37. The van der Waals surface area contributed by atoms with Gasteiger partial charge < -0.3 is 14.7 Å². The Morgan fingerprint density at radius 1 is 1.06 bits per heavy atom. The number of rotatable bonds is 6. The van der Waals surface area contributed by atoms with Gasteiger partial charge >= 0.3 is 0 Å². The number of thiophene rings is 1. The molecule has 1 unspecified atom stereocenters. The zero-order chi connectivity index (χ0) is 23.7. The van der Waals surface area contributed by atoms with Crippen molar-refractivity contribution in [2.75, 3.05) is 6.54 Å². The Kier molecular flexibility index (Phi) is 6.21. The summed E-state index contributed by atoms with van der Waals surface area (Å²) in [6, 6.07) is 15.9. The second-order valence-corrected chi connectivity index (χ2v) is 9.26. The maximum Gasteiger partial charge on any atom is 0.258 e. The fourth-order valence-corrected chi connectivity index (χ4v) is 5.00. The Balaban J connectivity index is 1.55. The molecule has 9 heteroatoms. The summed E-state index contributed by atoms with van der Waals surface area (Å²) < 4.78 is 32.6. The Hall–Kier alpha value is -3.43. The standard InChI is InChI=1S/C25H20F2N4OS2/c1-15-21(24-29-23(30-32-24)17-6-10-19(27)11-7-17)22(16-4-8-18(26)9-5-16)28-25(33)31(15)13-12-20-3-2-14-34-20/h2-11,14,22H,12-13H2,1H3,(H,28,33). The van der Waals surface area contributed by atoms with Gasteiger partial charge in [0.2, 0.25) is 5.82 Å². The van der Waals surface area contributed by atoms with Crippen LogP contribution in [0.4, 0.5) is 8.78 Å². The van der Waals surface area contributed by atoms with Gasteiger partial charge in [0, 0.05) is 22.7 Å². The molecule has 0 bridgehead atoms. The first-order chi connectivity index (χ1) is 16.5. The van der Waals surface area contributed by atoms with Crippen LogP contribution in [-0.4, -0.2) is 26.7 Å². The molecule has 0 saturated heterocycles. The summed E-state index contributed by atoms with van der Waals surface area (Å²) in [6.45, 7) is 2.64. The lowest BCUT2D eigenvalue weighted by molar-refractivity contribution is 0.397. The van der Waals surface area contributed by atoms with Crippen molar-refractivity contribution in [2.45, 2.75) is 19.4 Å². The molecule has 0 amide bonds. The molecule has 5 nitrogen and oxygen atoms in total. The van der Waals surface area contributed by atoms with E-state index in [1.165, 1.54) is 29.1 Å². The molecule has 0 saturated carbocycles. The first kappa shape index (κ1) is 22.4. The third-order valence-corrected chi connectivity index (χ3v) is 6.99. The zero-order valence-corrected chi connectivity index (χ0v) is 19.8. The monoisotopic (exact) mass is 494 g/mol. The summed E-state index contributed by atoms with van der Waals surface area (Å²) in [5.41, 5.74) is 3.09. The molecule has 5 rings (SSSR count). The molecular formula is C25H20F2N4OS2. The van der Waals surface area contributed by atoms with Crippen LogP contribution in [0.1, 0.15) is 29.3 Å². The molecule has 2 aromatic carbocycles. The zero-order valence-electron chi connectivity index (χ0n) is 18.2. The van der Waals surface area contributed by atoms with E-state index in [1.54, 1.807) is 35.6 Å². The normalized spacial score (nSPS) is 16.1. The molecule has 2 aromatic heterocycles. The summed E-state index contributed by atoms with van der Waals surface area (Å²) in [6.07, 6.45) is 0.829. The number of hydrogen-bond acceptors (Lipinski definition) is 5. The Morgan fingerprint density at radius 3 is 2.44 bits per heavy atom. The van der Waals surface area contributed by atoms with E-state index in [-0.39, 0.29) is 11.6 Å². The molecule has 0 radical (unpaired) electrons. The van der Waals surface area contributed by atoms with Crippen molar-refractivity contribution >= 4 is 34.2 Å². The van der Waals surface area contributed by atoms with Crippen molar-refractivity contribution in [1.82, 2.24) is 20.4 Å². The van der Waals surface area contributed by atoms with Crippen LogP contribution < -0.4 is 5.32 Å². The summed E-state index contributed by atoms with van der Waals surface area (Å²) in [5.74, 6) is 0.0147. The lowest BCUT2D eigenvalue weighted by Crippen LogP contribution is -2.46. The van der Waals surface area contributed by atoms with Crippen molar-refractivity contribution in [1.29, 1.82) is 0 Å². The SMILES string of the molecule is CC1=C(c2nc(-c3ccc(F)cc3)no2)C(c2ccc(F)cc2)NC(=S)N1CCc1cccs1. The van der Waals surface area contributed by atoms with Crippen LogP contribution in [-0.2, 0) is 6.42 Å². The highest BCUT2D eigenvalue weighted by Crippen LogP contribution is 2.37. The van der Waals surface area contributed by atoms with Crippen molar-refractivity contribution < 1.29 is 13.3 Å². The van der Waals surface area contributed by atoms with Gasteiger partial charge in [0.05, 0.1) is 11.6 Å². The van der Waals surface area contributed by atoms with Crippen LogP contribution in [0.5, 0.6) is 0 Å². The molecule has 1 atom stereocenters. The van der Waals surface area contributed by atoms with Crippen LogP contribution in [0.15, 0.2) is 76.3 Å². The minimum absolute atomic E-state index is 0.321. The highest BCUT2D eigenvalue weighted by Gasteiger charge is 2.34. The summed E-state index contributed by atoms with van der Waals surface area (Å²) in [5, 5.41) is 10.1. The second-order valence-electron chi connectivity index (χ2n) is 7.84. The number of hydrogen-bond donors (Lipinski definition) is 1. The van der Waals surface area contributed by atoms with Crippen LogP contribution in [0.3, 0.4) is 0 Å². The predicted octanol–water partition coefficient (Wildman–Crippen LogP) is 5.98. The minimum Gasteiger partial charge on any atom is -0.351 e. The minimum atomic E-state index is -0.396. The Morgan fingerprint density at radius 2 is 1.76 bits per heavy atom. The Bertz CT molecular complexity index is 1330. The van der Waals surface area contributed by atoms with E-state index in [2.05, 4.69) is 26.9 Å². The molecule has 1 aliphatic heterocycles. The van der Waals surface area contributed by atoms with Crippen LogP contribution >= 0.6 is 23.6 Å². The van der Waals surface area contributed by atoms with Crippen LogP contribution in [0.2, 0.25) is 0 Å². The van der Waals surface area contributed by atoms with Crippen molar-refractivity contribution in [2.24, 2.45) is 0 Å². The topological polar surface area (TPSA) is 54.2 Å². The number of nitrogens with zero attached hydrogens (tertiary/aromatic N) is 3. The Labute approximate surface area is 204 Å². The molecule has 0 spiro atoms. The van der Waals surface area contributed by atoms with Gasteiger partial charge in [0.15, 0.2) is 5.11 Å². The number of nitrogens with one attached hydrogen (secondary N) is 1. The first-order valence-electron chi connectivity index (χ1n) is 10.7. The van der Waals surface area contributed by atoms with Gasteiger partial charge in [0.25, 0.3) is 5.89 Å². The second kappa shape index (κ2) is 9.44. The number of allylic oxidation sites excluding steroid dienone is 1. The summed E-state index contributed by atoms with van der Waals surface area (Å²) >= 11 is 7.41. The molecule has 0 aliphatic carbocycles. The smallest absolute Gasteiger partial charge is 0.258 e. The number of benzene rings is 2. The highest BCUT2D eigenvalue weighted by molar-refractivity contribution is 7.80. The number of thiocarbonyl (C=S) groups is 1. The maximum atomic E-state index is 13.6. The van der Waals surface area contributed by atoms with Crippen LogP contribution in [0.25, 0.3) is 17.0 Å². The first-order valence-corrected chi connectivity index (χ1v) is 11.9. The van der Waals surface area contributed by atoms with E-state index >= 15 is 0 Å². The molecule has 1 aliphatic rings. The number of halogens is 2. The third kappa shape index (κ3) is 4.49. The van der Waals surface area contributed by atoms with E-state index in [1.807, 2.05) is 17.9 Å². The van der Waals surface area contributed by atoms with Gasteiger partial charge in [-0.15, -0.1) is 11.3 Å². The van der Waals surface area contributed by atoms with Crippen molar-refractivity contribution in [3.8, 4) is 11.4 Å². The van der Waals surface area contributed by atoms with Gasteiger partial charge in [0.1, 0.15) is 11.6 Å². The molecule has 0 fully saturated rings. The van der Waals surface area contributed by atoms with Gasteiger partial charge in [-0.25, -0.2) is 8.78 Å². The summed E-state index contributed by atoms with van der Waals surface area (Å²) in [4.78, 5) is 7.89. The van der Waals surface area contributed by atoms with E-state index in [4.69, 9.17) is 16.7 Å². The fraction of sp³-hybridized carbons (Fsp3) is 0.160. The highest BCUT2D eigenvalue weighted by atomic mass is 32.1. The molecule has 4 aromatic rings. The summed E-state index contributed by atoms with van der Waals surface area (Å²) in [7, 11) is 0. The quantitative estimate of drug-likeness (QED) is 0.333. The molecule has 1 N–H and O–H groups in total. The average molecular weight is 495 g/mol. The molecule has 3 heterocycles. The predicted molar refractivity (Wildman–Crippen MR) is 132 cm³/mol. The average Bonchev–Trinajstić information content (AvgIpc) is 3.52. The lowest BCUT2D eigenvalue weighted by atomic mass is 9.94. The van der Waals surface area contributed by atoms with E-state index in [0.717, 1.165) is 23.3 Å². The maximum absolute atomic E-state index is 13.6. The molecule has 172 valence electrons. The van der Waals surface area contributed by atoms with Gasteiger partial charge in [-0.2, -0.15) is 4.98 Å². The largest absolute Gasteiger partial charge is 0.351 e. The molecular weight excluding hydrogens is 474 g/mol. The van der Waals surface area contributed by atoms with Gasteiger partial charge in [-0.3, -0.25) is 0 Å². The van der Waals surface area contributed by atoms with Crippen LogP contribution in [0, 0.1) is 11.6 Å². The van der Waals surface area contributed by atoms with Gasteiger partial charge in [-0.1, -0.05) is 23.4 Å². The number of aromatic nitrogens is 2. The third-order valence-electron chi connectivity index (χ3n) is 5.72. The van der Waals surface area contributed by atoms with E-state index in [9.17, 15) is 8.78 Å². The van der Waals surface area contributed by atoms with Crippen molar-refractivity contribution in [3.63, 3.8) is 0 Å².